The molecule has 0 aliphatic rings. The number of nitrogens with one attached hydrogen (secondary N) is 2. The molecule has 0 radical (unpaired) electrons. The van der Waals surface area contributed by atoms with Crippen molar-refractivity contribution in [1.29, 1.82) is 0 Å². The van der Waals surface area contributed by atoms with Crippen LogP contribution in [0.25, 0.3) is 0 Å². The predicted molar refractivity (Wildman–Crippen MR) is 163 cm³/mol. The molecule has 0 saturated carbocycles. The van der Waals surface area contributed by atoms with Crippen molar-refractivity contribution < 1.29 is 23.9 Å². The van der Waals surface area contributed by atoms with Gasteiger partial charge in [-0.1, -0.05) is 88.1 Å². The number of ether oxygens (including phenoxy) is 1. The van der Waals surface area contributed by atoms with Gasteiger partial charge < -0.3 is 26.0 Å². The summed E-state index contributed by atoms with van der Waals surface area (Å²) in [5.74, 6) is -1.58. The number of alkyl carbamates (subject to hydrolysis) is 1. The first kappa shape index (κ1) is 35.9. The predicted octanol–water partition coefficient (Wildman–Crippen LogP) is 5.61. The summed E-state index contributed by atoms with van der Waals surface area (Å²) in [5, 5.41) is 5.57. The maximum atomic E-state index is 14.2. The van der Waals surface area contributed by atoms with E-state index in [0.717, 1.165) is 62.5 Å². The first-order valence-corrected chi connectivity index (χ1v) is 15.2. The van der Waals surface area contributed by atoms with Crippen LogP contribution >= 0.6 is 0 Å². The molecular formula is C32H54N4O5. The van der Waals surface area contributed by atoms with Crippen molar-refractivity contribution in [2.75, 3.05) is 13.1 Å². The number of benzene rings is 1. The average Bonchev–Trinajstić information content (AvgIpc) is 2.85. The molecule has 2 atom stereocenters. The third-order valence-corrected chi connectivity index (χ3v) is 6.63. The first-order chi connectivity index (χ1) is 19.3. The molecule has 4 N–H and O–H groups in total. The van der Waals surface area contributed by atoms with Crippen molar-refractivity contribution in [1.82, 2.24) is 15.5 Å². The van der Waals surface area contributed by atoms with Crippen molar-refractivity contribution in [2.24, 2.45) is 5.73 Å². The van der Waals surface area contributed by atoms with Crippen LogP contribution in [0.3, 0.4) is 0 Å². The van der Waals surface area contributed by atoms with Gasteiger partial charge in [-0.15, -0.1) is 0 Å². The van der Waals surface area contributed by atoms with Crippen LogP contribution in [0.1, 0.15) is 122 Å². The molecule has 9 nitrogen and oxygen atoms in total. The van der Waals surface area contributed by atoms with Crippen LogP contribution < -0.4 is 16.4 Å². The number of primary amides is 1. The molecule has 0 saturated heterocycles. The largest absolute Gasteiger partial charge is 0.444 e. The second-order valence-electron chi connectivity index (χ2n) is 12.0. The van der Waals surface area contributed by atoms with Crippen molar-refractivity contribution in [3.63, 3.8) is 0 Å². The van der Waals surface area contributed by atoms with Gasteiger partial charge in [0.25, 0.3) is 0 Å². The minimum Gasteiger partial charge on any atom is -0.444 e. The highest BCUT2D eigenvalue weighted by molar-refractivity contribution is 5.94. The Morgan fingerprint density at radius 2 is 1.44 bits per heavy atom. The Morgan fingerprint density at radius 1 is 0.878 bits per heavy atom. The molecule has 232 valence electrons. The molecule has 0 heterocycles. The van der Waals surface area contributed by atoms with Gasteiger partial charge in [0.2, 0.25) is 17.7 Å². The number of carbonyl (C=O) groups excluding carboxylic acids is 4. The lowest BCUT2D eigenvalue weighted by Gasteiger charge is -2.34. The van der Waals surface area contributed by atoms with E-state index in [0.29, 0.717) is 18.5 Å². The number of amides is 4. The molecular weight excluding hydrogens is 520 g/mol. The fourth-order valence-electron chi connectivity index (χ4n) is 4.80. The van der Waals surface area contributed by atoms with E-state index < -0.39 is 42.0 Å². The van der Waals surface area contributed by atoms with Gasteiger partial charge in [-0.05, 0) is 53.0 Å². The minimum absolute atomic E-state index is 0.288. The van der Waals surface area contributed by atoms with E-state index in [9.17, 15) is 19.2 Å². The lowest BCUT2D eigenvalue weighted by atomic mass is 9.97. The van der Waals surface area contributed by atoms with Crippen LogP contribution in [0.5, 0.6) is 0 Å². The maximum Gasteiger partial charge on any atom is 0.408 e. The highest BCUT2D eigenvalue weighted by atomic mass is 16.6. The third-order valence-electron chi connectivity index (χ3n) is 6.63. The van der Waals surface area contributed by atoms with Gasteiger partial charge in [0.15, 0.2) is 0 Å². The van der Waals surface area contributed by atoms with Gasteiger partial charge in [0.05, 0.1) is 6.42 Å². The SMILES string of the molecule is CCCCCCCCN(C(=O)C(CC(N)=O)NC(=O)OC(C)(C)C)C(C(=O)NCCCCC)c1cc(C)cc(C)c1. The number of carbonyl (C=O) groups is 4. The third kappa shape index (κ3) is 14.4. The Kier molecular flexibility index (Phi) is 16.1. The molecule has 0 aliphatic heterocycles. The Hall–Kier alpha value is -3.10. The smallest absolute Gasteiger partial charge is 0.408 e. The summed E-state index contributed by atoms with van der Waals surface area (Å²) in [6.07, 6.45) is 7.55. The van der Waals surface area contributed by atoms with E-state index in [1.807, 2.05) is 32.0 Å². The van der Waals surface area contributed by atoms with Crippen LogP contribution in [-0.2, 0) is 19.1 Å². The van der Waals surface area contributed by atoms with Crippen molar-refractivity contribution in [3.8, 4) is 0 Å². The first-order valence-electron chi connectivity index (χ1n) is 15.2. The molecule has 1 rings (SSSR count). The second kappa shape index (κ2) is 18.4. The fraction of sp³-hybridized carbons (Fsp3) is 0.688. The summed E-state index contributed by atoms with van der Waals surface area (Å²) in [6, 6.07) is 3.63. The molecule has 4 amide bonds. The van der Waals surface area contributed by atoms with E-state index in [4.69, 9.17) is 10.5 Å². The van der Waals surface area contributed by atoms with Gasteiger partial charge in [-0.25, -0.2) is 4.79 Å². The highest BCUT2D eigenvalue weighted by Gasteiger charge is 2.36. The fourth-order valence-corrected chi connectivity index (χ4v) is 4.80. The van der Waals surface area contributed by atoms with Crippen LogP contribution in [-0.4, -0.2) is 53.4 Å². The van der Waals surface area contributed by atoms with Crippen molar-refractivity contribution in [3.05, 3.63) is 34.9 Å². The monoisotopic (exact) mass is 574 g/mol. The Labute approximate surface area is 247 Å². The second-order valence-corrected chi connectivity index (χ2v) is 12.0. The van der Waals surface area contributed by atoms with Gasteiger partial charge in [-0.3, -0.25) is 14.4 Å². The van der Waals surface area contributed by atoms with E-state index in [1.54, 1.807) is 20.8 Å². The van der Waals surface area contributed by atoms with Crippen molar-refractivity contribution in [2.45, 2.75) is 130 Å². The Morgan fingerprint density at radius 3 is 2.00 bits per heavy atom. The number of unbranched alkanes of at least 4 members (excludes halogenated alkanes) is 7. The van der Waals surface area contributed by atoms with Gasteiger partial charge in [0, 0.05) is 13.1 Å². The summed E-state index contributed by atoms with van der Waals surface area (Å²) >= 11 is 0. The summed E-state index contributed by atoms with van der Waals surface area (Å²) < 4.78 is 5.36. The number of nitrogens with two attached hydrogens (primary N) is 1. The molecule has 0 aliphatic carbocycles. The van der Waals surface area contributed by atoms with E-state index >= 15 is 0 Å². The summed E-state index contributed by atoms with van der Waals surface area (Å²) in [4.78, 5) is 54.2. The van der Waals surface area contributed by atoms with Crippen molar-refractivity contribution >= 4 is 23.8 Å². The molecule has 2 unspecified atom stereocenters. The Bertz CT molecular complexity index is 969. The molecule has 0 aromatic heterocycles. The lowest BCUT2D eigenvalue weighted by molar-refractivity contribution is -0.143. The normalized spacial score (nSPS) is 12.8. The summed E-state index contributed by atoms with van der Waals surface area (Å²) in [5.41, 5.74) is 7.32. The minimum atomic E-state index is -1.27. The van der Waals surface area contributed by atoms with Gasteiger partial charge in [0.1, 0.15) is 17.7 Å². The van der Waals surface area contributed by atoms with E-state index in [-0.39, 0.29) is 12.5 Å². The number of rotatable bonds is 18. The quantitative estimate of drug-likeness (QED) is 0.196. The van der Waals surface area contributed by atoms with E-state index in [2.05, 4.69) is 24.5 Å². The molecule has 41 heavy (non-hydrogen) atoms. The molecule has 0 bridgehead atoms. The lowest BCUT2D eigenvalue weighted by Crippen LogP contribution is -2.54. The Balaban J connectivity index is 3.48. The number of hydrogen-bond acceptors (Lipinski definition) is 5. The zero-order valence-electron chi connectivity index (χ0n) is 26.4. The molecule has 9 heteroatoms. The molecule has 0 fully saturated rings. The average molecular weight is 575 g/mol. The topological polar surface area (TPSA) is 131 Å². The van der Waals surface area contributed by atoms with Crippen LogP contribution in [0, 0.1) is 13.8 Å². The van der Waals surface area contributed by atoms with Crippen LogP contribution in [0.4, 0.5) is 4.79 Å². The number of hydrogen-bond donors (Lipinski definition) is 3. The molecule has 1 aromatic carbocycles. The molecule has 1 aromatic rings. The zero-order valence-corrected chi connectivity index (χ0v) is 26.4. The van der Waals surface area contributed by atoms with Crippen LogP contribution in [0.15, 0.2) is 18.2 Å². The molecule has 0 spiro atoms. The highest BCUT2D eigenvalue weighted by Crippen LogP contribution is 2.26. The van der Waals surface area contributed by atoms with Crippen LogP contribution in [0.2, 0.25) is 0 Å². The standard InChI is InChI=1S/C32H54N4O5/c1-8-10-12-13-14-16-18-36(30(39)26(22-27(33)37)35-31(40)41-32(5,6)7)28(29(38)34-17-15-11-9-2)25-20-23(3)19-24(4)21-25/h19-21,26,28H,8-18,22H2,1-7H3,(H2,33,37)(H,34,38)(H,35,40). The van der Waals surface area contributed by atoms with E-state index in [1.165, 1.54) is 4.90 Å². The summed E-state index contributed by atoms with van der Waals surface area (Å²) in [7, 11) is 0. The zero-order chi connectivity index (χ0) is 31.0. The summed E-state index contributed by atoms with van der Waals surface area (Å²) in [6.45, 7) is 14.1. The van der Waals surface area contributed by atoms with Gasteiger partial charge >= 0.3 is 6.09 Å². The maximum absolute atomic E-state index is 14.2. The number of nitrogens with zero attached hydrogens (tertiary/aromatic N) is 1. The van der Waals surface area contributed by atoms with Gasteiger partial charge in [-0.2, -0.15) is 0 Å². The number of aryl methyl sites for hydroxylation is 2.